The zero-order chi connectivity index (χ0) is 24.5. The first-order chi connectivity index (χ1) is 16.0. The molecule has 0 radical (unpaired) electrons. The van der Waals surface area contributed by atoms with Crippen LogP contribution in [0.15, 0.2) is 35.4 Å². The first-order valence-corrected chi connectivity index (χ1v) is 11.5. The molecule has 5 rings (SSSR count). The van der Waals surface area contributed by atoms with E-state index >= 15 is 8.78 Å². The Labute approximate surface area is 196 Å². The Morgan fingerprint density at radius 1 is 1.24 bits per heavy atom. The first-order valence-electron chi connectivity index (χ1n) is 11.5. The summed E-state index contributed by atoms with van der Waals surface area (Å²) in [5.41, 5.74) is 1.95. The number of ether oxygens (including phenoxy) is 1. The van der Waals surface area contributed by atoms with Crippen molar-refractivity contribution in [3.8, 4) is 28.3 Å². The Bertz CT molecular complexity index is 1380. The summed E-state index contributed by atoms with van der Waals surface area (Å²) < 4.78 is 39.8. The largest absolute Gasteiger partial charge is 0.486 e. The van der Waals surface area contributed by atoms with Crippen LogP contribution in [0.5, 0.6) is 5.75 Å². The SMILES string of the molecule is CC(=O)c1cn2c(cc1=O)-c1c(cc(-c3ccn(C(C)C)n3)c3c1C(F)(F)CO3)CC2C(C)C. The maximum Gasteiger partial charge on any atom is 0.310 e. The summed E-state index contributed by atoms with van der Waals surface area (Å²) >= 11 is 0. The van der Waals surface area contributed by atoms with Crippen LogP contribution in [-0.4, -0.2) is 26.7 Å². The van der Waals surface area contributed by atoms with Gasteiger partial charge in [-0.2, -0.15) is 13.9 Å². The molecule has 3 aromatic rings. The van der Waals surface area contributed by atoms with Crippen LogP contribution < -0.4 is 10.2 Å². The number of pyridine rings is 1. The van der Waals surface area contributed by atoms with Crippen LogP contribution in [0.25, 0.3) is 22.5 Å². The minimum absolute atomic E-state index is 0.0633. The molecule has 34 heavy (non-hydrogen) atoms. The summed E-state index contributed by atoms with van der Waals surface area (Å²) in [5, 5.41) is 4.60. The van der Waals surface area contributed by atoms with Crippen molar-refractivity contribution < 1.29 is 18.3 Å². The number of nitrogens with zero attached hydrogens (tertiary/aromatic N) is 3. The van der Waals surface area contributed by atoms with Gasteiger partial charge in [0.2, 0.25) is 0 Å². The zero-order valence-electron chi connectivity index (χ0n) is 19.9. The number of ketones is 1. The molecule has 2 aromatic heterocycles. The molecule has 0 fully saturated rings. The van der Waals surface area contributed by atoms with Crippen LogP contribution in [0.4, 0.5) is 8.78 Å². The number of fused-ring (bicyclic) bond motifs is 5. The molecule has 1 unspecified atom stereocenters. The summed E-state index contributed by atoms with van der Waals surface area (Å²) in [4.78, 5) is 24.8. The number of hydrogen-bond acceptors (Lipinski definition) is 4. The van der Waals surface area contributed by atoms with Gasteiger partial charge in [-0.25, -0.2) is 0 Å². The summed E-state index contributed by atoms with van der Waals surface area (Å²) in [6.07, 6.45) is 3.85. The molecular weight excluding hydrogens is 440 g/mol. The number of halogens is 2. The number of alkyl halides is 2. The van der Waals surface area contributed by atoms with Crippen molar-refractivity contribution in [3.05, 3.63) is 57.5 Å². The van der Waals surface area contributed by atoms with Crippen LogP contribution in [0.3, 0.4) is 0 Å². The highest BCUT2D eigenvalue weighted by Gasteiger charge is 2.48. The molecule has 0 saturated carbocycles. The molecule has 178 valence electrons. The van der Waals surface area contributed by atoms with E-state index in [1.807, 2.05) is 50.6 Å². The smallest absolute Gasteiger partial charge is 0.310 e. The van der Waals surface area contributed by atoms with Crippen molar-refractivity contribution in [2.45, 2.75) is 59.0 Å². The lowest BCUT2D eigenvalue weighted by Gasteiger charge is -2.35. The number of rotatable bonds is 4. The van der Waals surface area contributed by atoms with E-state index in [-0.39, 0.29) is 40.7 Å². The maximum absolute atomic E-state index is 15.3. The van der Waals surface area contributed by atoms with Gasteiger partial charge in [0.1, 0.15) is 5.75 Å². The van der Waals surface area contributed by atoms with Crippen LogP contribution in [0.2, 0.25) is 0 Å². The monoisotopic (exact) mass is 467 g/mol. The lowest BCUT2D eigenvalue weighted by atomic mass is 9.82. The molecule has 6 nitrogen and oxygen atoms in total. The van der Waals surface area contributed by atoms with Gasteiger partial charge in [0.05, 0.1) is 22.5 Å². The van der Waals surface area contributed by atoms with Crippen molar-refractivity contribution in [2.75, 3.05) is 6.61 Å². The maximum atomic E-state index is 15.3. The molecule has 0 aliphatic carbocycles. The third-order valence-corrected chi connectivity index (χ3v) is 6.81. The fourth-order valence-corrected chi connectivity index (χ4v) is 5.04. The standard InChI is InChI=1S/C26H27F2N3O3/c1-13(2)20-9-16-8-17(19-6-7-31(29-19)14(3)4)25-24(26(27,28)12-34-25)23(16)21-10-22(33)18(15(5)32)11-30(20)21/h6-8,10-11,13-14,20H,9,12H2,1-5H3. The van der Waals surface area contributed by atoms with E-state index in [9.17, 15) is 9.59 Å². The van der Waals surface area contributed by atoms with Crippen molar-refractivity contribution >= 4 is 5.78 Å². The summed E-state index contributed by atoms with van der Waals surface area (Å²) in [5.74, 6) is -3.32. The highest BCUT2D eigenvalue weighted by atomic mass is 19.3. The fraction of sp³-hybridized carbons (Fsp3) is 0.423. The van der Waals surface area contributed by atoms with Crippen LogP contribution in [-0.2, 0) is 12.3 Å². The van der Waals surface area contributed by atoms with Gasteiger partial charge in [0.25, 0.3) is 0 Å². The van der Waals surface area contributed by atoms with Gasteiger partial charge in [-0.1, -0.05) is 13.8 Å². The van der Waals surface area contributed by atoms with Crippen LogP contribution in [0, 0.1) is 5.92 Å². The molecule has 0 saturated heterocycles. The zero-order valence-corrected chi connectivity index (χ0v) is 19.9. The quantitative estimate of drug-likeness (QED) is 0.482. The minimum Gasteiger partial charge on any atom is -0.486 e. The van der Waals surface area contributed by atoms with Crippen molar-refractivity contribution in [3.63, 3.8) is 0 Å². The molecule has 2 aliphatic heterocycles. The summed E-state index contributed by atoms with van der Waals surface area (Å²) in [6.45, 7) is 8.65. The van der Waals surface area contributed by atoms with E-state index < -0.39 is 18.0 Å². The Morgan fingerprint density at radius 2 is 1.97 bits per heavy atom. The number of carbonyl (C=O) groups is 1. The summed E-state index contributed by atoms with van der Waals surface area (Å²) in [6, 6.07) is 5.04. The molecule has 0 amide bonds. The summed E-state index contributed by atoms with van der Waals surface area (Å²) in [7, 11) is 0. The van der Waals surface area contributed by atoms with Crippen molar-refractivity contribution in [1.82, 2.24) is 14.3 Å². The predicted molar refractivity (Wildman–Crippen MR) is 125 cm³/mol. The highest BCUT2D eigenvalue weighted by Crippen LogP contribution is 2.54. The molecule has 1 aromatic carbocycles. The van der Waals surface area contributed by atoms with E-state index in [0.29, 0.717) is 28.9 Å². The molecule has 0 spiro atoms. The lowest BCUT2D eigenvalue weighted by Crippen LogP contribution is -2.29. The number of hydrogen-bond donors (Lipinski definition) is 0. The molecule has 0 bridgehead atoms. The third kappa shape index (κ3) is 3.30. The molecule has 1 atom stereocenters. The number of aromatic nitrogens is 3. The van der Waals surface area contributed by atoms with Gasteiger partial charge >= 0.3 is 5.92 Å². The first kappa shape index (κ1) is 22.5. The lowest BCUT2D eigenvalue weighted by molar-refractivity contribution is -0.0210. The second-order valence-electron chi connectivity index (χ2n) is 9.85. The average Bonchev–Trinajstić information content (AvgIpc) is 3.37. The van der Waals surface area contributed by atoms with Gasteiger partial charge in [0, 0.05) is 41.7 Å². The predicted octanol–water partition coefficient (Wildman–Crippen LogP) is 5.40. The number of benzene rings is 1. The third-order valence-electron chi connectivity index (χ3n) is 6.81. The highest BCUT2D eigenvalue weighted by molar-refractivity contribution is 5.94. The fourth-order valence-electron chi connectivity index (χ4n) is 5.04. The number of carbonyl (C=O) groups excluding carboxylic acids is 1. The average molecular weight is 468 g/mol. The van der Waals surface area contributed by atoms with Gasteiger partial charge in [-0.05, 0) is 50.8 Å². The van der Waals surface area contributed by atoms with Crippen molar-refractivity contribution in [2.24, 2.45) is 5.92 Å². The van der Waals surface area contributed by atoms with Gasteiger partial charge < -0.3 is 9.30 Å². The van der Waals surface area contributed by atoms with Crippen LogP contribution in [0.1, 0.15) is 68.2 Å². The molecule has 2 aliphatic rings. The van der Waals surface area contributed by atoms with E-state index in [4.69, 9.17) is 4.74 Å². The Balaban J connectivity index is 1.83. The van der Waals surface area contributed by atoms with E-state index in [1.165, 1.54) is 19.2 Å². The second-order valence-corrected chi connectivity index (χ2v) is 9.85. The minimum atomic E-state index is -3.22. The molecule has 4 heterocycles. The topological polar surface area (TPSA) is 66.1 Å². The van der Waals surface area contributed by atoms with Crippen molar-refractivity contribution in [1.29, 1.82) is 0 Å². The number of Topliss-reactive ketones (excluding diaryl/α,β-unsaturated/α-hetero) is 1. The van der Waals surface area contributed by atoms with E-state index in [0.717, 1.165) is 5.56 Å². The molecule has 0 N–H and O–H groups in total. The van der Waals surface area contributed by atoms with Gasteiger partial charge in [-0.3, -0.25) is 14.3 Å². The normalized spacial score (nSPS) is 18.0. The Hall–Kier alpha value is -3.29. The molecule has 8 heteroatoms. The van der Waals surface area contributed by atoms with Gasteiger partial charge in [0.15, 0.2) is 17.8 Å². The van der Waals surface area contributed by atoms with Crippen LogP contribution >= 0.6 is 0 Å². The second kappa shape index (κ2) is 7.61. The van der Waals surface area contributed by atoms with E-state index in [2.05, 4.69) is 5.10 Å². The molecular formula is C26H27F2N3O3. The van der Waals surface area contributed by atoms with Gasteiger partial charge in [-0.15, -0.1) is 0 Å². The Kier molecular flexibility index (Phi) is 5.04. The Morgan fingerprint density at radius 3 is 2.59 bits per heavy atom. The van der Waals surface area contributed by atoms with E-state index in [1.54, 1.807) is 4.68 Å².